The fraction of sp³-hybridized carbons (Fsp3) is 0.857. The number of hydrogen-bond donors (Lipinski definition) is 3. The van der Waals surface area contributed by atoms with Crippen LogP contribution >= 0.6 is 0 Å². The fourth-order valence-electron chi connectivity index (χ4n) is 7.42. The van der Waals surface area contributed by atoms with Crippen LogP contribution in [-0.4, -0.2) is 41.9 Å². The van der Waals surface area contributed by atoms with E-state index in [0.717, 1.165) is 38.5 Å². The second-order valence-corrected chi connectivity index (χ2v) is 18.2. The van der Waals surface area contributed by atoms with Crippen molar-refractivity contribution in [3.8, 4) is 0 Å². The molecule has 0 aliphatic carbocycles. The summed E-state index contributed by atoms with van der Waals surface area (Å²) < 4.78 is 32.6. The second kappa shape index (κ2) is 43.1. The first-order chi connectivity index (χ1) is 27.3. The number of nitrogens with one attached hydrogen (secondary N) is 1. The lowest BCUT2D eigenvalue weighted by Crippen LogP contribution is -2.46. The van der Waals surface area contributed by atoms with Crippen LogP contribution in [0.1, 0.15) is 251 Å². The van der Waals surface area contributed by atoms with Crippen molar-refractivity contribution in [2.24, 2.45) is 0 Å². The average Bonchev–Trinajstić information content (AvgIpc) is 3.16. The third-order valence-electron chi connectivity index (χ3n) is 11.0. The van der Waals surface area contributed by atoms with E-state index in [1.807, 2.05) is 6.08 Å². The molecule has 0 spiro atoms. The smallest absolute Gasteiger partial charge is 0.267 e. The van der Waals surface area contributed by atoms with Crippen molar-refractivity contribution in [3.63, 3.8) is 0 Å². The van der Waals surface area contributed by atoms with E-state index >= 15 is 0 Å². The number of allylic oxidation sites excluding steroid dienone is 5. The second-order valence-electron chi connectivity index (χ2n) is 16.7. The van der Waals surface area contributed by atoms with Gasteiger partial charge in [0, 0.05) is 6.42 Å². The molecule has 1 amide bonds. The molecule has 56 heavy (non-hydrogen) atoms. The number of amides is 1. The van der Waals surface area contributed by atoms with Crippen molar-refractivity contribution in [3.05, 3.63) is 36.5 Å². The highest BCUT2D eigenvalue weighted by Crippen LogP contribution is 2.16. The van der Waals surface area contributed by atoms with Crippen molar-refractivity contribution < 1.29 is 22.9 Å². The van der Waals surface area contributed by atoms with Gasteiger partial charge in [0.2, 0.25) is 5.91 Å². The maximum Gasteiger partial charge on any atom is 0.267 e. The molecule has 0 aliphatic rings. The third kappa shape index (κ3) is 43.7. The topological polar surface area (TPSA) is 104 Å². The molecular formula is C49H93NO5S. The third-order valence-corrected chi connectivity index (χ3v) is 11.8. The predicted molar refractivity (Wildman–Crippen MR) is 244 cm³/mol. The van der Waals surface area contributed by atoms with Gasteiger partial charge in [-0.05, 0) is 44.9 Å². The van der Waals surface area contributed by atoms with Gasteiger partial charge in [-0.1, -0.05) is 237 Å². The van der Waals surface area contributed by atoms with Gasteiger partial charge in [0.05, 0.1) is 17.9 Å². The molecule has 2 atom stereocenters. The summed E-state index contributed by atoms with van der Waals surface area (Å²) in [6, 6.07) is -1.08. The summed E-state index contributed by atoms with van der Waals surface area (Å²) in [6.07, 6.45) is 57.2. The molecule has 0 aliphatic heterocycles. The highest BCUT2D eigenvalue weighted by molar-refractivity contribution is 7.85. The normalized spacial score (nSPS) is 13.4. The first kappa shape index (κ1) is 54.6. The number of carbonyl (C=O) groups is 1. The molecule has 0 bridgehead atoms. The van der Waals surface area contributed by atoms with Crippen molar-refractivity contribution in [1.29, 1.82) is 0 Å². The van der Waals surface area contributed by atoms with Gasteiger partial charge in [-0.3, -0.25) is 9.35 Å². The number of carbonyl (C=O) groups excluding carboxylic acids is 1. The van der Waals surface area contributed by atoms with Crippen LogP contribution < -0.4 is 5.32 Å². The Hall–Kier alpha value is -1.44. The Bertz CT molecular complexity index is 1020. The first-order valence-electron chi connectivity index (χ1n) is 24.2. The number of rotatable bonds is 44. The van der Waals surface area contributed by atoms with Crippen LogP contribution in [0.2, 0.25) is 0 Å². The Morgan fingerprint density at radius 1 is 0.464 bits per heavy atom. The molecule has 7 heteroatoms. The van der Waals surface area contributed by atoms with Crippen LogP contribution in [0, 0.1) is 0 Å². The molecule has 0 heterocycles. The van der Waals surface area contributed by atoms with E-state index in [0.29, 0.717) is 6.42 Å². The molecule has 0 fully saturated rings. The lowest BCUT2D eigenvalue weighted by atomic mass is 10.0. The minimum absolute atomic E-state index is 0.288. The molecule has 6 nitrogen and oxygen atoms in total. The van der Waals surface area contributed by atoms with Gasteiger partial charge < -0.3 is 10.4 Å². The number of aliphatic hydroxyl groups excluding tert-OH is 1. The molecule has 2 unspecified atom stereocenters. The Morgan fingerprint density at radius 2 is 0.768 bits per heavy atom. The zero-order valence-electron chi connectivity index (χ0n) is 37.0. The summed E-state index contributed by atoms with van der Waals surface area (Å²) >= 11 is 0. The van der Waals surface area contributed by atoms with Crippen LogP contribution in [0.3, 0.4) is 0 Å². The lowest BCUT2D eigenvalue weighted by Gasteiger charge is -2.21. The fourth-order valence-corrected chi connectivity index (χ4v) is 8.16. The van der Waals surface area contributed by atoms with E-state index in [9.17, 15) is 22.9 Å². The largest absolute Gasteiger partial charge is 0.387 e. The van der Waals surface area contributed by atoms with Crippen LogP contribution in [0.4, 0.5) is 0 Å². The minimum atomic E-state index is -4.36. The summed E-state index contributed by atoms with van der Waals surface area (Å²) in [5.41, 5.74) is 0. The Morgan fingerprint density at radius 3 is 1.12 bits per heavy atom. The summed E-state index contributed by atoms with van der Waals surface area (Å²) in [7, 11) is -4.36. The molecule has 0 aromatic heterocycles. The van der Waals surface area contributed by atoms with Crippen molar-refractivity contribution in [2.75, 3.05) is 5.75 Å². The van der Waals surface area contributed by atoms with Gasteiger partial charge in [-0.2, -0.15) is 8.42 Å². The zero-order valence-corrected chi connectivity index (χ0v) is 37.8. The van der Waals surface area contributed by atoms with Crippen molar-refractivity contribution >= 4 is 16.0 Å². The Labute approximate surface area is 348 Å². The number of hydrogen-bond acceptors (Lipinski definition) is 4. The minimum Gasteiger partial charge on any atom is -0.387 e. The summed E-state index contributed by atoms with van der Waals surface area (Å²) in [4.78, 5) is 12.6. The van der Waals surface area contributed by atoms with Crippen LogP contribution in [0.25, 0.3) is 0 Å². The Kier molecular flexibility index (Phi) is 42.0. The highest BCUT2D eigenvalue weighted by Gasteiger charge is 2.24. The van der Waals surface area contributed by atoms with Gasteiger partial charge in [-0.25, -0.2) is 0 Å². The monoisotopic (exact) mass is 808 g/mol. The summed E-state index contributed by atoms with van der Waals surface area (Å²) in [5.74, 6) is -1.000. The molecule has 330 valence electrons. The predicted octanol–water partition coefficient (Wildman–Crippen LogP) is 14.9. The molecular weight excluding hydrogens is 715 g/mol. The van der Waals surface area contributed by atoms with Gasteiger partial charge in [0.1, 0.15) is 0 Å². The number of aliphatic hydroxyl groups is 1. The van der Waals surface area contributed by atoms with Gasteiger partial charge in [0.25, 0.3) is 10.1 Å². The SMILES string of the molecule is CCCCCCCCCCCC/C=C/CC/C=C/CC/C=C/C(O)C(CS(=O)(=O)O)NC(=O)CCCCCCCCCCCCCCCCCCCCCCC. The van der Waals surface area contributed by atoms with E-state index in [2.05, 4.69) is 43.5 Å². The molecule has 0 saturated carbocycles. The Balaban J connectivity index is 3.87. The number of unbranched alkanes of at least 4 members (excludes halogenated alkanes) is 32. The lowest BCUT2D eigenvalue weighted by molar-refractivity contribution is -0.122. The maximum atomic E-state index is 12.6. The van der Waals surface area contributed by atoms with E-state index < -0.39 is 28.0 Å². The molecule has 0 radical (unpaired) electrons. The molecule has 0 aromatic rings. The average molecular weight is 808 g/mol. The quantitative estimate of drug-likeness (QED) is 0.0323. The van der Waals surface area contributed by atoms with Gasteiger partial charge in [0.15, 0.2) is 0 Å². The van der Waals surface area contributed by atoms with E-state index in [-0.39, 0.29) is 12.3 Å². The zero-order chi connectivity index (χ0) is 41.1. The maximum absolute atomic E-state index is 12.6. The van der Waals surface area contributed by atoms with E-state index in [1.165, 1.54) is 192 Å². The molecule has 0 aromatic carbocycles. The van der Waals surface area contributed by atoms with Crippen LogP contribution in [0.5, 0.6) is 0 Å². The van der Waals surface area contributed by atoms with Gasteiger partial charge >= 0.3 is 0 Å². The van der Waals surface area contributed by atoms with Crippen LogP contribution in [-0.2, 0) is 14.9 Å². The summed E-state index contributed by atoms with van der Waals surface area (Å²) in [5, 5.41) is 13.3. The molecule has 0 saturated heterocycles. The molecule has 0 rings (SSSR count). The van der Waals surface area contributed by atoms with Crippen molar-refractivity contribution in [1.82, 2.24) is 5.32 Å². The van der Waals surface area contributed by atoms with E-state index in [4.69, 9.17) is 0 Å². The van der Waals surface area contributed by atoms with Crippen LogP contribution in [0.15, 0.2) is 36.5 Å². The standard InChI is InChI=1S/C49H93NO5S/c1-3-5-7-9-11-13-15-17-19-21-23-25-27-29-31-33-35-37-39-41-43-45-49(52)50-47(46-56(53,54)55)48(51)44-42-40-38-36-34-32-30-28-26-24-22-20-18-16-14-12-10-8-6-4-2/h26,28,34,36,42,44,47-48,51H,3-25,27,29-33,35,37-41,43,45-46H2,1-2H3,(H,50,52)(H,53,54,55)/b28-26+,36-34+,44-42+. The van der Waals surface area contributed by atoms with E-state index in [1.54, 1.807) is 0 Å². The molecule has 3 N–H and O–H groups in total. The highest BCUT2D eigenvalue weighted by atomic mass is 32.2. The first-order valence-corrected chi connectivity index (χ1v) is 25.8. The summed E-state index contributed by atoms with van der Waals surface area (Å²) in [6.45, 7) is 4.55. The van der Waals surface area contributed by atoms with Crippen molar-refractivity contribution in [2.45, 2.75) is 264 Å². The van der Waals surface area contributed by atoms with Gasteiger partial charge in [-0.15, -0.1) is 0 Å².